The van der Waals surface area contributed by atoms with Gasteiger partial charge < -0.3 is 19.6 Å². The number of fused-ring (bicyclic) bond motifs is 1. The number of aliphatic hydroxyl groups excluding tert-OH is 1. The zero-order valence-corrected chi connectivity index (χ0v) is 15.4. The molecule has 5 heteroatoms. The Kier molecular flexibility index (Phi) is 5.97. The molecule has 0 saturated carbocycles. The largest absolute Gasteiger partial charge is 0.491 e. The summed E-state index contributed by atoms with van der Waals surface area (Å²) in [4.78, 5) is 17.2. The minimum absolute atomic E-state index is 0.00958. The third kappa shape index (κ3) is 4.53. The van der Waals surface area contributed by atoms with Gasteiger partial charge in [-0.15, -0.1) is 0 Å². The lowest BCUT2D eigenvalue weighted by molar-refractivity contribution is -0.133. The summed E-state index contributed by atoms with van der Waals surface area (Å²) in [6.45, 7) is 8.42. The minimum Gasteiger partial charge on any atom is -0.491 e. The maximum Gasteiger partial charge on any atom is 0.223 e. The van der Waals surface area contributed by atoms with Gasteiger partial charge in [-0.05, 0) is 63.4 Å². The van der Waals surface area contributed by atoms with Crippen molar-refractivity contribution >= 4 is 5.91 Å². The van der Waals surface area contributed by atoms with Crippen LogP contribution in [0, 0.1) is 5.92 Å². The van der Waals surface area contributed by atoms with Gasteiger partial charge in [0.2, 0.25) is 5.91 Å². The molecule has 0 unspecified atom stereocenters. The quantitative estimate of drug-likeness (QED) is 0.910. The zero-order chi connectivity index (χ0) is 17.8. The molecule has 1 aromatic rings. The number of likely N-dealkylation sites (tertiary alicyclic amines) is 1. The van der Waals surface area contributed by atoms with Crippen LogP contribution in [0.15, 0.2) is 18.2 Å². The third-order valence-corrected chi connectivity index (χ3v) is 5.48. The Labute approximate surface area is 150 Å². The van der Waals surface area contributed by atoms with Crippen LogP contribution in [-0.4, -0.2) is 53.1 Å². The topological polar surface area (TPSA) is 53.0 Å². The van der Waals surface area contributed by atoms with E-state index in [-0.39, 0.29) is 12.5 Å². The summed E-state index contributed by atoms with van der Waals surface area (Å²) in [5.41, 5.74) is 1.85. The number of carbonyl (C=O) groups is 1. The van der Waals surface area contributed by atoms with Gasteiger partial charge >= 0.3 is 0 Å². The van der Waals surface area contributed by atoms with E-state index in [1.54, 1.807) is 0 Å². The molecule has 1 saturated heterocycles. The van der Waals surface area contributed by atoms with E-state index in [2.05, 4.69) is 18.7 Å². The summed E-state index contributed by atoms with van der Waals surface area (Å²) >= 11 is 0. The molecule has 2 heterocycles. The summed E-state index contributed by atoms with van der Waals surface area (Å²) < 4.78 is 5.78. The molecule has 1 amide bonds. The molecular formula is C20H30N2O3. The number of piperidine rings is 1. The van der Waals surface area contributed by atoms with Gasteiger partial charge in [0.05, 0.1) is 13.2 Å². The number of ether oxygens (including phenoxy) is 1. The lowest BCUT2D eigenvalue weighted by atomic mass is 9.92. The third-order valence-electron chi connectivity index (χ3n) is 5.48. The normalized spacial score (nSPS) is 19.4. The van der Waals surface area contributed by atoms with Gasteiger partial charge in [0, 0.05) is 24.6 Å². The second-order valence-corrected chi connectivity index (χ2v) is 7.54. The molecule has 2 aliphatic heterocycles. The Morgan fingerprint density at radius 1 is 1.28 bits per heavy atom. The smallest absolute Gasteiger partial charge is 0.223 e. The van der Waals surface area contributed by atoms with Crippen molar-refractivity contribution in [2.45, 2.75) is 52.3 Å². The van der Waals surface area contributed by atoms with Crippen molar-refractivity contribution in [2.75, 3.05) is 26.2 Å². The van der Waals surface area contributed by atoms with Gasteiger partial charge in [-0.2, -0.15) is 0 Å². The van der Waals surface area contributed by atoms with E-state index >= 15 is 0 Å². The highest BCUT2D eigenvalue weighted by Gasteiger charge is 2.26. The summed E-state index contributed by atoms with van der Waals surface area (Å²) in [6.07, 6.45) is 2.86. The monoisotopic (exact) mass is 346 g/mol. The zero-order valence-electron chi connectivity index (χ0n) is 15.4. The number of benzene rings is 1. The van der Waals surface area contributed by atoms with Crippen molar-refractivity contribution < 1.29 is 14.6 Å². The molecule has 0 radical (unpaired) electrons. The molecule has 138 valence electrons. The molecular weight excluding hydrogens is 316 g/mol. The van der Waals surface area contributed by atoms with Crippen LogP contribution >= 0.6 is 0 Å². The van der Waals surface area contributed by atoms with E-state index < -0.39 is 0 Å². The molecule has 1 aromatic carbocycles. The SMILES string of the molecule is CC(C)N1CCC(CC(=O)N2CCOc3ccc(CO)cc3C2)CC1. The molecule has 0 aliphatic carbocycles. The number of hydrogen-bond donors (Lipinski definition) is 1. The van der Waals surface area contributed by atoms with E-state index in [1.165, 1.54) is 0 Å². The van der Waals surface area contributed by atoms with E-state index in [1.807, 2.05) is 23.1 Å². The van der Waals surface area contributed by atoms with Crippen molar-refractivity contribution in [3.05, 3.63) is 29.3 Å². The number of rotatable bonds is 4. The van der Waals surface area contributed by atoms with Gasteiger partial charge in [-0.3, -0.25) is 4.79 Å². The van der Waals surface area contributed by atoms with Crippen LogP contribution < -0.4 is 4.74 Å². The number of carbonyl (C=O) groups excluding carboxylic acids is 1. The van der Waals surface area contributed by atoms with E-state index in [0.29, 0.717) is 38.1 Å². The van der Waals surface area contributed by atoms with Crippen molar-refractivity contribution in [3.8, 4) is 5.75 Å². The first kappa shape index (κ1) is 18.2. The average molecular weight is 346 g/mol. The maximum absolute atomic E-state index is 12.8. The summed E-state index contributed by atoms with van der Waals surface area (Å²) in [5, 5.41) is 9.34. The fourth-order valence-electron chi connectivity index (χ4n) is 3.81. The minimum atomic E-state index is 0.00958. The first-order valence-electron chi connectivity index (χ1n) is 9.44. The average Bonchev–Trinajstić information content (AvgIpc) is 2.83. The van der Waals surface area contributed by atoms with E-state index in [0.717, 1.165) is 42.8 Å². The highest BCUT2D eigenvalue weighted by Crippen LogP contribution is 2.27. The molecule has 2 aliphatic rings. The highest BCUT2D eigenvalue weighted by molar-refractivity contribution is 5.76. The molecule has 0 bridgehead atoms. The Morgan fingerprint density at radius 2 is 2.04 bits per heavy atom. The fourth-order valence-corrected chi connectivity index (χ4v) is 3.81. The molecule has 25 heavy (non-hydrogen) atoms. The molecule has 5 nitrogen and oxygen atoms in total. The fraction of sp³-hybridized carbons (Fsp3) is 0.650. The van der Waals surface area contributed by atoms with Crippen LogP contribution in [0.4, 0.5) is 0 Å². The van der Waals surface area contributed by atoms with Crippen molar-refractivity contribution in [2.24, 2.45) is 5.92 Å². The lowest BCUT2D eigenvalue weighted by Crippen LogP contribution is -2.40. The van der Waals surface area contributed by atoms with Gasteiger partial charge in [0.1, 0.15) is 12.4 Å². The van der Waals surface area contributed by atoms with Crippen molar-refractivity contribution in [1.29, 1.82) is 0 Å². The molecule has 1 N–H and O–H groups in total. The van der Waals surface area contributed by atoms with Gasteiger partial charge in [-0.1, -0.05) is 6.07 Å². The standard InChI is InChI=1S/C20H30N2O3/c1-15(2)21-7-5-16(6-8-21)12-20(24)22-9-10-25-19-4-3-17(14-23)11-18(19)13-22/h3-4,11,15-16,23H,5-10,12-14H2,1-2H3. The van der Waals surface area contributed by atoms with Crippen LogP contribution in [0.1, 0.15) is 44.2 Å². The predicted molar refractivity (Wildman–Crippen MR) is 97.3 cm³/mol. The van der Waals surface area contributed by atoms with Crippen LogP contribution in [0.2, 0.25) is 0 Å². The Bertz CT molecular complexity index is 595. The number of aliphatic hydroxyl groups is 1. The molecule has 0 aromatic heterocycles. The Morgan fingerprint density at radius 3 is 2.72 bits per heavy atom. The maximum atomic E-state index is 12.8. The molecule has 1 fully saturated rings. The van der Waals surface area contributed by atoms with Gasteiger partial charge in [-0.25, -0.2) is 0 Å². The van der Waals surface area contributed by atoms with Crippen molar-refractivity contribution in [1.82, 2.24) is 9.80 Å². The Hall–Kier alpha value is -1.59. The summed E-state index contributed by atoms with van der Waals surface area (Å²) in [7, 11) is 0. The number of hydrogen-bond acceptors (Lipinski definition) is 4. The Balaban J connectivity index is 1.59. The van der Waals surface area contributed by atoms with Gasteiger partial charge in [0.15, 0.2) is 0 Å². The highest BCUT2D eigenvalue weighted by atomic mass is 16.5. The van der Waals surface area contributed by atoms with Gasteiger partial charge in [0.25, 0.3) is 0 Å². The van der Waals surface area contributed by atoms with Crippen LogP contribution in [0.25, 0.3) is 0 Å². The van der Waals surface area contributed by atoms with E-state index in [4.69, 9.17) is 4.74 Å². The first-order chi connectivity index (χ1) is 12.1. The summed E-state index contributed by atoms with van der Waals surface area (Å²) in [5.74, 6) is 1.56. The molecule has 0 spiro atoms. The number of amides is 1. The second kappa shape index (κ2) is 8.19. The first-order valence-corrected chi connectivity index (χ1v) is 9.44. The van der Waals surface area contributed by atoms with E-state index in [9.17, 15) is 9.90 Å². The van der Waals surface area contributed by atoms with Crippen LogP contribution in [0.3, 0.4) is 0 Å². The van der Waals surface area contributed by atoms with Crippen LogP contribution in [0.5, 0.6) is 5.75 Å². The van der Waals surface area contributed by atoms with Crippen molar-refractivity contribution in [3.63, 3.8) is 0 Å². The summed E-state index contributed by atoms with van der Waals surface area (Å²) in [6, 6.07) is 6.31. The second-order valence-electron chi connectivity index (χ2n) is 7.54. The molecule has 3 rings (SSSR count). The molecule has 0 atom stereocenters. The number of nitrogens with zero attached hydrogens (tertiary/aromatic N) is 2. The lowest BCUT2D eigenvalue weighted by Gasteiger charge is -2.35. The predicted octanol–water partition coefficient (Wildman–Crippen LogP) is 2.41. The van der Waals surface area contributed by atoms with Crippen LogP contribution in [-0.2, 0) is 17.9 Å².